The zero-order valence-electron chi connectivity index (χ0n) is 12.2. The van der Waals surface area contributed by atoms with Crippen LogP contribution in [-0.2, 0) is 4.79 Å². The van der Waals surface area contributed by atoms with Crippen molar-refractivity contribution < 1.29 is 9.90 Å². The van der Waals surface area contributed by atoms with Gasteiger partial charge in [-0.05, 0) is 31.9 Å². The number of anilines is 2. The normalized spacial score (nSPS) is 22.4. The van der Waals surface area contributed by atoms with Gasteiger partial charge in [-0.3, -0.25) is 4.79 Å². The first kappa shape index (κ1) is 13.4. The zero-order valence-corrected chi connectivity index (χ0v) is 12.2. The van der Waals surface area contributed by atoms with Crippen LogP contribution in [0.5, 0.6) is 0 Å². The van der Waals surface area contributed by atoms with Crippen LogP contribution in [0.15, 0.2) is 18.2 Å². The molecule has 1 atom stereocenters. The summed E-state index contributed by atoms with van der Waals surface area (Å²) in [5.41, 5.74) is 2.73. The molecule has 3 rings (SSSR count). The first-order valence-corrected chi connectivity index (χ1v) is 7.49. The number of aliphatic hydroxyl groups excluding tert-OH is 1. The molecule has 0 saturated heterocycles. The Hall–Kier alpha value is -1.55. The summed E-state index contributed by atoms with van der Waals surface area (Å²) in [4.78, 5) is 15.8. The SMILES string of the molecule is CCN(c1ccc2c(c1)N(C)C(=O)C2O)C1CCCC1. The fraction of sp³-hybridized carbons (Fsp3) is 0.562. The van der Waals surface area contributed by atoms with Gasteiger partial charge in [0, 0.05) is 30.9 Å². The topological polar surface area (TPSA) is 43.8 Å². The number of nitrogens with zero attached hydrogens (tertiary/aromatic N) is 2. The average Bonchev–Trinajstić information content (AvgIpc) is 3.05. The van der Waals surface area contributed by atoms with Crippen LogP contribution in [0.1, 0.15) is 44.3 Å². The molecule has 1 fully saturated rings. The molecule has 1 aromatic rings. The van der Waals surface area contributed by atoms with E-state index in [1.807, 2.05) is 18.2 Å². The summed E-state index contributed by atoms with van der Waals surface area (Å²) in [5.74, 6) is -0.235. The highest BCUT2D eigenvalue weighted by molar-refractivity contribution is 6.03. The third-order valence-corrected chi connectivity index (χ3v) is 4.67. The van der Waals surface area contributed by atoms with Crippen molar-refractivity contribution in [1.29, 1.82) is 0 Å². The lowest BCUT2D eigenvalue weighted by molar-refractivity contribution is -0.125. The highest BCUT2D eigenvalue weighted by atomic mass is 16.3. The Kier molecular flexibility index (Phi) is 3.42. The molecule has 1 saturated carbocycles. The number of rotatable bonds is 3. The zero-order chi connectivity index (χ0) is 14.3. The predicted octanol–water partition coefficient (Wildman–Crippen LogP) is 2.47. The molecule has 20 heavy (non-hydrogen) atoms. The Morgan fingerprint density at radius 2 is 2.05 bits per heavy atom. The van der Waals surface area contributed by atoms with Gasteiger partial charge < -0.3 is 14.9 Å². The largest absolute Gasteiger partial charge is 0.378 e. The molecule has 4 nitrogen and oxygen atoms in total. The maximum Gasteiger partial charge on any atom is 0.260 e. The van der Waals surface area contributed by atoms with E-state index in [4.69, 9.17) is 0 Å². The maximum atomic E-state index is 11.8. The number of carbonyl (C=O) groups is 1. The highest BCUT2D eigenvalue weighted by Crippen LogP contribution is 2.38. The fourth-order valence-electron chi connectivity index (χ4n) is 3.54. The number of hydrogen-bond acceptors (Lipinski definition) is 3. The van der Waals surface area contributed by atoms with Crippen LogP contribution >= 0.6 is 0 Å². The molecule has 2 aliphatic rings. The van der Waals surface area contributed by atoms with E-state index in [0.717, 1.165) is 23.5 Å². The van der Waals surface area contributed by atoms with Gasteiger partial charge in [-0.25, -0.2) is 0 Å². The number of benzene rings is 1. The smallest absolute Gasteiger partial charge is 0.260 e. The third-order valence-electron chi connectivity index (χ3n) is 4.67. The number of amides is 1. The third kappa shape index (κ3) is 1.99. The van der Waals surface area contributed by atoms with Gasteiger partial charge in [-0.15, -0.1) is 0 Å². The van der Waals surface area contributed by atoms with Gasteiger partial charge in [0.2, 0.25) is 0 Å². The van der Waals surface area contributed by atoms with Crippen molar-refractivity contribution in [3.63, 3.8) is 0 Å². The number of aliphatic hydroxyl groups is 1. The molecule has 1 unspecified atom stereocenters. The van der Waals surface area contributed by atoms with Crippen LogP contribution in [0.25, 0.3) is 0 Å². The van der Waals surface area contributed by atoms with Crippen LogP contribution in [0.3, 0.4) is 0 Å². The lowest BCUT2D eigenvalue weighted by Crippen LogP contribution is -2.33. The number of hydrogen-bond donors (Lipinski definition) is 1. The Labute approximate surface area is 120 Å². The first-order valence-electron chi connectivity index (χ1n) is 7.49. The van der Waals surface area contributed by atoms with Gasteiger partial charge in [0.05, 0.1) is 5.69 Å². The molecule has 108 valence electrons. The lowest BCUT2D eigenvalue weighted by Gasteiger charge is -2.30. The molecule has 1 N–H and O–H groups in total. The van der Waals surface area contributed by atoms with Crippen molar-refractivity contribution in [2.24, 2.45) is 0 Å². The standard InChI is InChI=1S/C16H22N2O2/c1-3-18(11-6-4-5-7-11)12-8-9-13-14(10-12)17(2)16(20)15(13)19/h8-11,15,19H,3-7H2,1-2H3. The van der Waals surface area contributed by atoms with Crippen LogP contribution in [0.4, 0.5) is 11.4 Å². The van der Waals surface area contributed by atoms with Gasteiger partial charge in [0.15, 0.2) is 6.10 Å². The monoisotopic (exact) mass is 274 g/mol. The second-order valence-electron chi connectivity index (χ2n) is 5.77. The number of fused-ring (bicyclic) bond motifs is 1. The van der Waals surface area contributed by atoms with E-state index in [1.165, 1.54) is 25.7 Å². The summed E-state index contributed by atoms with van der Waals surface area (Å²) in [5, 5.41) is 9.91. The molecule has 1 amide bonds. The lowest BCUT2D eigenvalue weighted by atomic mass is 10.1. The fourth-order valence-corrected chi connectivity index (χ4v) is 3.54. The van der Waals surface area contributed by atoms with Crippen molar-refractivity contribution in [3.05, 3.63) is 23.8 Å². The van der Waals surface area contributed by atoms with Crippen molar-refractivity contribution in [1.82, 2.24) is 0 Å². The van der Waals surface area contributed by atoms with Crippen LogP contribution in [0, 0.1) is 0 Å². The summed E-state index contributed by atoms with van der Waals surface area (Å²) >= 11 is 0. The predicted molar refractivity (Wildman–Crippen MR) is 80.1 cm³/mol. The van der Waals surface area contributed by atoms with E-state index in [9.17, 15) is 9.90 Å². The summed E-state index contributed by atoms with van der Waals surface area (Å²) in [6.07, 6.45) is 4.13. The second-order valence-corrected chi connectivity index (χ2v) is 5.77. The molecule has 0 spiro atoms. The Morgan fingerprint density at radius 1 is 1.35 bits per heavy atom. The Morgan fingerprint density at radius 3 is 2.70 bits per heavy atom. The van der Waals surface area contributed by atoms with Crippen molar-refractivity contribution in [3.8, 4) is 0 Å². The van der Waals surface area contributed by atoms with Crippen molar-refractivity contribution in [2.45, 2.75) is 44.8 Å². The Balaban J connectivity index is 1.94. The Bertz CT molecular complexity index is 523. The molecule has 1 aliphatic heterocycles. The first-order chi connectivity index (χ1) is 9.63. The number of carbonyl (C=O) groups excluding carboxylic acids is 1. The van der Waals surface area contributed by atoms with E-state index < -0.39 is 6.10 Å². The molecular weight excluding hydrogens is 252 g/mol. The van der Waals surface area contributed by atoms with E-state index >= 15 is 0 Å². The minimum absolute atomic E-state index is 0.235. The maximum absolute atomic E-state index is 11.8. The minimum atomic E-state index is -0.995. The van der Waals surface area contributed by atoms with Gasteiger partial charge in [-0.2, -0.15) is 0 Å². The molecule has 0 aromatic heterocycles. The summed E-state index contributed by atoms with van der Waals surface area (Å²) in [6.45, 7) is 3.15. The quantitative estimate of drug-likeness (QED) is 0.921. The molecular formula is C16H22N2O2. The van der Waals surface area contributed by atoms with Gasteiger partial charge in [0.1, 0.15) is 0 Å². The van der Waals surface area contributed by atoms with Crippen LogP contribution < -0.4 is 9.80 Å². The molecule has 1 heterocycles. The van der Waals surface area contributed by atoms with E-state index in [2.05, 4.69) is 11.8 Å². The van der Waals surface area contributed by atoms with Gasteiger partial charge in [-0.1, -0.05) is 18.9 Å². The summed E-state index contributed by atoms with van der Waals surface area (Å²) < 4.78 is 0. The highest BCUT2D eigenvalue weighted by Gasteiger charge is 2.34. The summed E-state index contributed by atoms with van der Waals surface area (Å²) in [7, 11) is 1.73. The van der Waals surface area contributed by atoms with Gasteiger partial charge >= 0.3 is 0 Å². The summed E-state index contributed by atoms with van der Waals surface area (Å²) in [6, 6.07) is 6.60. The minimum Gasteiger partial charge on any atom is -0.378 e. The van der Waals surface area contributed by atoms with E-state index in [0.29, 0.717) is 6.04 Å². The van der Waals surface area contributed by atoms with Gasteiger partial charge in [0.25, 0.3) is 5.91 Å². The second kappa shape index (κ2) is 5.09. The van der Waals surface area contributed by atoms with E-state index in [-0.39, 0.29) is 5.91 Å². The molecule has 0 bridgehead atoms. The molecule has 1 aromatic carbocycles. The van der Waals surface area contributed by atoms with Crippen LogP contribution in [0.2, 0.25) is 0 Å². The molecule has 4 heteroatoms. The van der Waals surface area contributed by atoms with Crippen molar-refractivity contribution in [2.75, 3.05) is 23.4 Å². The van der Waals surface area contributed by atoms with E-state index in [1.54, 1.807) is 11.9 Å². The van der Waals surface area contributed by atoms with Crippen molar-refractivity contribution >= 4 is 17.3 Å². The number of likely N-dealkylation sites (N-methyl/N-ethyl adjacent to an activating group) is 1. The van der Waals surface area contributed by atoms with Crippen LogP contribution in [-0.4, -0.2) is 30.6 Å². The molecule has 1 aliphatic carbocycles. The average molecular weight is 274 g/mol. The molecule has 0 radical (unpaired) electrons.